The summed E-state index contributed by atoms with van der Waals surface area (Å²) in [6.45, 7) is 0. The van der Waals surface area contributed by atoms with Crippen LogP contribution in [0.3, 0.4) is 0 Å². The van der Waals surface area contributed by atoms with E-state index >= 15 is 0 Å². The third-order valence-electron chi connectivity index (χ3n) is 11.6. The molecule has 1 aliphatic heterocycles. The molecule has 10 aromatic rings. The van der Waals surface area contributed by atoms with Crippen molar-refractivity contribution in [3.05, 3.63) is 210 Å². The number of aromatic nitrogens is 3. The Labute approximate surface area is 328 Å². The van der Waals surface area contributed by atoms with Gasteiger partial charge in [0.2, 0.25) is 0 Å². The molecule has 8 aromatic carbocycles. The highest BCUT2D eigenvalue weighted by Gasteiger charge is 2.51. The van der Waals surface area contributed by atoms with E-state index < -0.39 is 5.41 Å². The van der Waals surface area contributed by atoms with Crippen LogP contribution in [0.1, 0.15) is 22.3 Å². The number of benzene rings is 8. The lowest BCUT2D eigenvalue weighted by molar-refractivity contribution is 0.441. The highest BCUT2D eigenvalue weighted by molar-refractivity contribution is 6.11. The Morgan fingerprint density at radius 1 is 0.368 bits per heavy atom. The van der Waals surface area contributed by atoms with Crippen molar-refractivity contribution < 1.29 is 9.15 Å². The predicted octanol–water partition coefficient (Wildman–Crippen LogP) is 12.9. The van der Waals surface area contributed by atoms with E-state index in [1.165, 1.54) is 22.3 Å². The van der Waals surface area contributed by atoms with Gasteiger partial charge in [-0.1, -0.05) is 152 Å². The van der Waals surface area contributed by atoms with Gasteiger partial charge in [-0.3, -0.25) is 0 Å². The Hall–Kier alpha value is -7.63. The lowest BCUT2D eigenvalue weighted by Crippen LogP contribution is -2.32. The number of rotatable bonds is 4. The fourth-order valence-corrected chi connectivity index (χ4v) is 9.11. The molecule has 12 rings (SSSR count). The van der Waals surface area contributed by atoms with Gasteiger partial charge in [0, 0.05) is 33.2 Å². The number of ether oxygens (including phenoxy) is 1. The molecule has 1 spiro atoms. The van der Waals surface area contributed by atoms with Gasteiger partial charge in [0.05, 0.1) is 10.8 Å². The zero-order chi connectivity index (χ0) is 37.5. The Balaban J connectivity index is 1.07. The van der Waals surface area contributed by atoms with Gasteiger partial charge in [-0.05, 0) is 69.8 Å². The van der Waals surface area contributed by atoms with Gasteiger partial charge in [-0.2, -0.15) is 0 Å². The lowest BCUT2D eigenvalue weighted by Gasteiger charge is -2.39. The summed E-state index contributed by atoms with van der Waals surface area (Å²) >= 11 is 0. The number of para-hydroxylation sites is 1. The van der Waals surface area contributed by atoms with Gasteiger partial charge in [0.15, 0.2) is 17.5 Å². The summed E-state index contributed by atoms with van der Waals surface area (Å²) in [4.78, 5) is 15.2. The molecule has 2 aliphatic rings. The van der Waals surface area contributed by atoms with Crippen LogP contribution in [0.2, 0.25) is 0 Å². The summed E-state index contributed by atoms with van der Waals surface area (Å²) in [6, 6.07) is 65.4. The first-order valence-electron chi connectivity index (χ1n) is 19.2. The zero-order valence-electron chi connectivity index (χ0n) is 30.6. The van der Waals surface area contributed by atoms with E-state index in [-0.39, 0.29) is 0 Å². The third-order valence-corrected chi connectivity index (χ3v) is 11.6. The van der Waals surface area contributed by atoms with Crippen LogP contribution in [0.25, 0.3) is 78.4 Å². The molecule has 0 atom stereocenters. The molecule has 5 heteroatoms. The topological polar surface area (TPSA) is 61.0 Å². The van der Waals surface area contributed by atoms with Crippen molar-refractivity contribution in [2.24, 2.45) is 0 Å². The van der Waals surface area contributed by atoms with Crippen LogP contribution in [-0.2, 0) is 5.41 Å². The molecule has 0 fully saturated rings. The van der Waals surface area contributed by atoms with Crippen LogP contribution in [0.5, 0.6) is 11.5 Å². The van der Waals surface area contributed by atoms with Crippen LogP contribution in [-0.4, -0.2) is 15.0 Å². The summed E-state index contributed by atoms with van der Waals surface area (Å²) in [5.74, 6) is 3.43. The average molecular weight is 730 g/mol. The van der Waals surface area contributed by atoms with Gasteiger partial charge in [-0.15, -0.1) is 0 Å². The number of fused-ring (bicyclic) bond motifs is 13. The molecule has 2 aromatic heterocycles. The van der Waals surface area contributed by atoms with Crippen LogP contribution in [0, 0.1) is 0 Å². The van der Waals surface area contributed by atoms with E-state index in [2.05, 4.69) is 133 Å². The van der Waals surface area contributed by atoms with Gasteiger partial charge in [-0.25, -0.2) is 15.0 Å². The minimum Gasteiger partial charge on any atom is -0.456 e. The van der Waals surface area contributed by atoms with Gasteiger partial charge in [0.1, 0.15) is 22.7 Å². The smallest absolute Gasteiger partial charge is 0.164 e. The van der Waals surface area contributed by atoms with Crippen molar-refractivity contribution in [3.63, 3.8) is 0 Å². The molecule has 5 nitrogen and oxygen atoms in total. The van der Waals surface area contributed by atoms with Crippen molar-refractivity contribution in [2.45, 2.75) is 5.41 Å². The van der Waals surface area contributed by atoms with Crippen LogP contribution in [0.15, 0.2) is 192 Å². The second-order valence-corrected chi connectivity index (χ2v) is 14.7. The molecule has 0 saturated carbocycles. The van der Waals surface area contributed by atoms with Crippen molar-refractivity contribution in [3.8, 4) is 67.9 Å². The molecule has 0 radical (unpaired) electrons. The number of furan rings is 1. The molecule has 57 heavy (non-hydrogen) atoms. The third kappa shape index (κ3) is 4.66. The van der Waals surface area contributed by atoms with E-state index in [4.69, 9.17) is 24.1 Å². The first kappa shape index (κ1) is 31.7. The summed E-state index contributed by atoms with van der Waals surface area (Å²) in [5, 5.41) is 1.86. The summed E-state index contributed by atoms with van der Waals surface area (Å²) < 4.78 is 13.6. The minimum atomic E-state index is -0.573. The normalized spacial score (nSPS) is 13.2. The molecule has 3 heterocycles. The Morgan fingerprint density at radius 2 is 0.860 bits per heavy atom. The quantitative estimate of drug-likeness (QED) is 0.180. The first-order chi connectivity index (χ1) is 28.2. The zero-order valence-corrected chi connectivity index (χ0v) is 30.6. The highest BCUT2D eigenvalue weighted by atomic mass is 16.5. The molecule has 0 amide bonds. The van der Waals surface area contributed by atoms with Crippen LogP contribution >= 0.6 is 0 Å². The minimum absolute atomic E-state index is 0.573. The number of hydrogen-bond acceptors (Lipinski definition) is 5. The molecule has 266 valence electrons. The van der Waals surface area contributed by atoms with Crippen molar-refractivity contribution in [1.82, 2.24) is 15.0 Å². The van der Waals surface area contributed by atoms with Gasteiger partial charge in [0.25, 0.3) is 0 Å². The highest BCUT2D eigenvalue weighted by Crippen LogP contribution is 2.63. The predicted molar refractivity (Wildman–Crippen MR) is 226 cm³/mol. The molecule has 0 N–H and O–H groups in total. The Kier molecular flexibility index (Phi) is 6.78. The van der Waals surface area contributed by atoms with Crippen molar-refractivity contribution in [1.29, 1.82) is 0 Å². The van der Waals surface area contributed by atoms with Crippen LogP contribution < -0.4 is 4.74 Å². The van der Waals surface area contributed by atoms with Crippen molar-refractivity contribution >= 4 is 21.9 Å². The number of hydrogen-bond donors (Lipinski definition) is 0. The maximum absolute atomic E-state index is 7.01. The molecule has 1 aliphatic carbocycles. The molecule has 0 bridgehead atoms. The fourth-order valence-electron chi connectivity index (χ4n) is 9.11. The summed E-state index contributed by atoms with van der Waals surface area (Å²) in [7, 11) is 0. The van der Waals surface area contributed by atoms with Gasteiger partial charge < -0.3 is 9.15 Å². The van der Waals surface area contributed by atoms with Crippen molar-refractivity contribution in [2.75, 3.05) is 0 Å². The van der Waals surface area contributed by atoms with Gasteiger partial charge >= 0.3 is 0 Å². The first-order valence-corrected chi connectivity index (χ1v) is 19.2. The maximum atomic E-state index is 7.01. The van der Waals surface area contributed by atoms with E-state index in [0.29, 0.717) is 17.5 Å². The van der Waals surface area contributed by atoms with E-state index in [1.807, 2.05) is 54.6 Å². The molecular formula is C52H31N3O2. The maximum Gasteiger partial charge on any atom is 0.164 e. The van der Waals surface area contributed by atoms with E-state index in [0.717, 1.165) is 72.4 Å². The average Bonchev–Trinajstić information content (AvgIpc) is 3.81. The Bertz CT molecular complexity index is 3160. The SMILES string of the molecule is c1ccc(-c2ccc(-c3nc(-c4ccccc4)nc(-c4ccc5oc6ccc7c(c6c5c4)Oc4ccccc4C74c5ccccc5-c5ccccc54)n3)cc2)cc1. The monoisotopic (exact) mass is 729 g/mol. The molecular weight excluding hydrogens is 699 g/mol. The second kappa shape index (κ2) is 12.2. The summed E-state index contributed by atoms with van der Waals surface area (Å²) in [5.41, 5.74) is 13.1. The largest absolute Gasteiger partial charge is 0.456 e. The molecule has 0 saturated heterocycles. The Morgan fingerprint density at radius 3 is 1.54 bits per heavy atom. The van der Waals surface area contributed by atoms with E-state index in [1.54, 1.807) is 0 Å². The lowest BCUT2D eigenvalue weighted by atomic mass is 9.66. The number of nitrogens with zero attached hydrogens (tertiary/aromatic N) is 3. The van der Waals surface area contributed by atoms with E-state index in [9.17, 15) is 0 Å². The summed E-state index contributed by atoms with van der Waals surface area (Å²) in [6.07, 6.45) is 0. The molecule has 0 unspecified atom stereocenters. The second-order valence-electron chi connectivity index (χ2n) is 14.7. The standard InChI is InChI=1S/C52H31N3O2/c1-3-13-32(14-4-1)33-23-25-35(26-24-33)50-53-49(34-15-5-2-6-16-34)54-51(55-50)36-27-29-44-39(31-36)47-46(56-44)30-28-43-48(47)57-45-22-12-11-21-42(45)52(43)40-19-9-7-17-37(40)38-18-8-10-20-41(38)52/h1-31H. The fraction of sp³-hybridized carbons (Fsp3) is 0.0192. The van der Waals surface area contributed by atoms with Crippen LogP contribution in [0.4, 0.5) is 0 Å².